The summed E-state index contributed by atoms with van der Waals surface area (Å²) in [6, 6.07) is 19.5. The van der Waals surface area contributed by atoms with Crippen LogP contribution in [0.25, 0.3) is 33.8 Å². The van der Waals surface area contributed by atoms with Crippen molar-refractivity contribution in [2.45, 2.75) is 6.54 Å². The Labute approximate surface area is 200 Å². The van der Waals surface area contributed by atoms with E-state index in [-0.39, 0.29) is 6.79 Å². The van der Waals surface area contributed by atoms with Crippen molar-refractivity contribution in [1.82, 2.24) is 25.3 Å². The van der Waals surface area contributed by atoms with Gasteiger partial charge in [0.15, 0.2) is 16.6 Å². The first-order chi connectivity index (χ1) is 16.7. The number of aromatic amines is 2. The number of hydrogen-bond donors (Lipinski definition) is 4. The van der Waals surface area contributed by atoms with Crippen molar-refractivity contribution < 1.29 is 9.47 Å². The molecule has 0 aliphatic carbocycles. The molecule has 34 heavy (non-hydrogen) atoms. The van der Waals surface area contributed by atoms with Crippen LogP contribution in [0.4, 0.5) is 5.69 Å². The summed E-state index contributed by atoms with van der Waals surface area (Å²) in [5, 5.41) is 6.97. The highest BCUT2D eigenvalue weighted by atomic mass is 32.1. The summed E-state index contributed by atoms with van der Waals surface area (Å²) in [7, 11) is 0. The largest absolute Gasteiger partial charge is 0.454 e. The van der Waals surface area contributed by atoms with E-state index in [0.717, 1.165) is 56.6 Å². The normalized spacial score (nSPS) is 12.1. The van der Waals surface area contributed by atoms with Crippen molar-refractivity contribution in [3.63, 3.8) is 0 Å². The Hall–Kier alpha value is -4.37. The lowest BCUT2D eigenvalue weighted by atomic mass is 10.1. The van der Waals surface area contributed by atoms with Crippen LogP contribution in [0.2, 0.25) is 0 Å². The van der Waals surface area contributed by atoms with E-state index in [1.54, 1.807) is 0 Å². The molecule has 0 amide bonds. The fourth-order valence-corrected chi connectivity index (χ4v) is 4.06. The van der Waals surface area contributed by atoms with Crippen LogP contribution in [0.5, 0.6) is 11.5 Å². The standard InChI is InChI=1S/C25H20N6O2S/c34-25(28-13-15-5-8-21-22(11-15)33-14-32-21)29-16-6-7-17-20(12-16)31-24(19-4-2-10-27-19)23(30-17)18-3-1-9-26-18/h1-12,26-27H,13-14H2,(H2,28,29,34). The van der Waals surface area contributed by atoms with Crippen molar-refractivity contribution in [1.29, 1.82) is 0 Å². The molecule has 0 unspecified atom stereocenters. The molecule has 1 aliphatic rings. The van der Waals surface area contributed by atoms with E-state index in [1.165, 1.54) is 0 Å². The molecule has 0 fully saturated rings. The van der Waals surface area contributed by atoms with Crippen LogP contribution in [0.15, 0.2) is 73.1 Å². The first-order valence-corrected chi connectivity index (χ1v) is 11.2. The molecule has 2 aromatic carbocycles. The lowest BCUT2D eigenvalue weighted by Gasteiger charge is -2.12. The molecule has 9 heteroatoms. The van der Waals surface area contributed by atoms with Crippen molar-refractivity contribution in [3.8, 4) is 34.3 Å². The SMILES string of the molecule is S=C(NCc1ccc2c(c1)OCO2)Nc1ccc2nc(-c3ccc[nH]3)c(-c3ccc[nH]3)nc2c1. The van der Waals surface area contributed by atoms with Crippen LogP contribution in [-0.4, -0.2) is 31.8 Å². The molecular formula is C25H20N6O2S. The molecule has 4 N–H and O–H groups in total. The molecular weight excluding hydrogens is 448 g/mol. The van der Waals surface area contributed by atoms with E-state index in [0.29, 0.717) is 11.7 Å². The van der Waals surface area contributed by atoms with Gasteiger partial charge in [-0.15, -0.1) is 0 Å². The summed E-state index contributed by atoms with van der Waals surface area (Å²) in [6.07, 6.45) is 3.76. The van der Waals surface area contributed by atoms with Crippen LogP contribution in [0, 0.1) is 0 Å². The van der Waals surface area contributed by atoms with Gasteiger partial charge < -0.3 is 30.1 Å². The number of anilines is 1. The van der Waals surface area contributed by atoms with Crippen LogP contribution in [0.3, 0.4) is 0 Å². The maximum atomic E-state index is 5.50. The Morgan fingerprint density at radius 1 is 0.853 bits per heavy atom. The number of aromatic nitrogens is 4. The second kappa shape index (κ2) is 8.53. The maximum Gasteiger partial charge on any atom is 0.231 e. The number of hydrogen-bond acceptors (Lipinski definition) is 5. The zero-order valence-corrected chi connectivity index (χ0v) is 18.8. The molecule has 6 rings (SSSR count). The highest BCUT2D eigenvalue weighted by Crippen LogP contribution is 2.32. The molecule has 0 bridgehead atoms. The minimum atomic E-state index is 0.259. The van der Waals surface area contributed by atoms with Crippen LogP contribution >= 0.6 is 12.2 Å². The fourth-order valence-electron chi connectivity index (χ4n) is 3.87. The average molecular weight is 469 g/mol. The molecule has 0 radical (unpaired) electrons. The lowest BCUT2D eigenvalue weighted by Crippen LogP contribution is -2.27. The lowest BCUT2D eigenvalue weighted by molar-refractivity contribution is 0.174. The highest BCUT2D eigenvalue weighted by molar-refractivity contribution is 7.80. The number of rotatable bonds is 5. The van der Waals surface area contributed by atoms with Gasteiger partial charge in [-0.1, -0.05) is 6.07 Å². The minimum absolute atomic E-state index is 0.259. The van der Waals surface area contributed by atoms with Crippen LogP contribution in [0.1, 0.15) is 5.56 Å². The van der Waals surface area contributed by atoms with E-state index in [1.807, 2.05) is 73.1 Å². The Bertz CT molecular complexity index is 1480. The van der Waals surface area contributed by atoms with Gasteiger partial charge >= 0.3 is 0 Å². The molecule has 8 nitrogen and oxygen atoms in total. The number of H-pyrrole nitrogens is 2. The van der Waals surface area contributed by atoms with E-state index in [9.17, 15) is 0 Å². The first kappa shape index (κ1) is 20.3. The number of benzene rings is 2. The summed E-state index contributed by atoms with van der Waals surface area (Å²) in [5.74, 6) is 1.52. The van der Waals surface area contributed by atoms with Gasteiger partial charge in [0.1, 0.15) is 11.4 Å². The van der Waals surface area contributed by atoms with Gasteiger partial charge in [0.2, 0.25) is 6.79 Å². The molecule has 3 aromatic heterocycles. The molecule has 4 heterocycles. The van der Waals surface area contributed by atoms with Crippen molar-refractivity contribution in [2.24, 2.45) is 0 Å². The Balaban J connectivity index is 1.23. The maximum absolute atomic E-state index is 5.50. The molecule has 0 atom stereocenters. The Kier molecular flexibility index (Phi) is 5.08. The van der Waals surface area contributed by atoms with E-state index in [4.69, 9.17) is 31.7 Å². The topological polar surface area (TPSA) is 99.9 Å². The van der Waals surface area contributed by atoms with Crippen molar-refractivity contribution >= 4 is 34.1 Å². The van der Waals surface area contributed by atoms with Crippen molar-refractivity contribution in [2.75, 3.05) is 12.1 Å². The number of ether oxygens (including phenoxy) is 2. The van der Waals surface area contributed by atoms with Gasteiger partial charge in [-0.25, -0.2) is 9.97 Å². The predicted molar refractivity (Wildman–Crippen MR) is 135 cm³/mol. The van der Waals surface area contributed by atoms with Crippen LogP contribution in [-0.2, 0) is 6.54 Å². The van der Waals surface area contributed by atoms with Gasteiger partial charge in [-0.3, -0.25) is 0 Å². The first-order valence-electron chi connectivity index (χ1n) is 10.8. The van der Waals surface area contributed by atoms with Gasteiger partial charge in [-0.2, -0.15) is 0 Å². The third-order valence-electron chi connectivity index (χ3n) is 5.52. The van der Waals surface area contributed by atoms with Gasteiger partial charge in [-0.05, 0) is 72.4 Å². The van der Waals surface area contributed by atoms with Crippen molar-refractivity contribution in [3.05, 3.63) is 78.6 Å². The zero-order chi connectivity index (χ0) is 22.9. The third-order valence-corrected chi connectivity index (χ3v) is 5.76. The van der Waals surface area contributed by atoms with Crippen LogP contribution < -0.4 is 20.1 Å². The number of nitrogens with one attached hydrogen (secondary N) is 4. The summed E-state index contributed by atoms with van der Waals surface area (Å²) < 4.78 is 10.8. The number of nitrogens with zero attached hydrogens (tertiary/aromatic N) is 2. The smallest absolute Gasteiger partial charge is 0.231 e. The second-order valence-electron chi connectivity index (χ2n) is 7.79. The quantitative estimate of drug-likeness (QED) is 0.274. The molecule has 0 saturated heterocycles. The molecule has 1 aliphatic heterocycles. The second-order valence-corrected chi connectivity index (χ2v) is 8.20. The average Bonchev–Trinajstić information content (AvgIpc) is 3.64. The molecule has 0 saturated carbocycles. The van der Waals surface area contributed by atoms with E-state index >= 15 is 0 Å². The molecule has 0 spiro atoms. The zero-order valence-electron chi connectivity index (χ0n) is 18.0. The number of fused-ring (bicyclic) bond motifs is 2. The Morgan fingerprint density at radius 3 is 2.32 bits per heavy atom. The summed E-state index contributed by atoms with van der Waals surface area (Å²) >= 11 is 5.50. The predicted octanol–water partition coefficient (Wildman–Crippen LogP) is 4.84. The summed E-state index contributed by atoms with van der Waals surface area (Å²) in [6.45, 7) is 0.821. The highest BCUT2D eigenvalue weighted by Gasteiger charge is 2.15. The van der Waals surface area contributed by atoms with Gasteiger partial charge in [0.25, 0.3) is 0 Å². The van der Waals surface area contributed by atoms with Gasteiger partial charge in [0, 0.05) is 24.6 Å². The summed E-state index contributed by atoms with van der Waals surface area (Å²) in [4.78, 5) is 16.3. The van der Waals surface area contributed by atoms with E-state index in [2.05, 4.69) is 20.6 Å². The van der Waals surface area contributed by atoms with E-state index < -0.39 is 0 Å². The Morgan fingerprint density at radius 2 is 1.59 bits per heavy atom. The third kappa shape index (κ3) is 3.93. The summed E-state index contributed by atoms with van der Waals surface area (Å²) in [5.41, 5.74) is 6.82. The fraction of sp³-hybridized carbons (Fsp3) is 0.0800. The molecule has 5 aromatic rings. The monoisotopic (exact) mass is 468 g/mol. The molecule has 168 valence electrons. The minimum Gasteiger partial charge on any atom is -0.454 e. The number of thiocarbonyl (C=S) groups is 1. The van der Waals surface area contributed by atoms with Gasteiger partial charge in [0.05, 0.1) is 22.4 Å².